The SMILES string of the molecule is C=CCC(C)N1CC2(CCCC2)NCC1C(C)C. The van der Waals surface area contributed by atoms with Crippen LogP contribution in [0.2, 0.25) is 0 Å². The molecule has 1 spiro atoms. The first kappa shape index (κ1) is 14.1. The molecule has 2 nitrogen and oxygen atoms in total. The lowest BCUT2D eigenvalue weighted by Crippen LogP contribution is -2.66. The van der Waals surface area contributed by atoms with Crippen LogP contribution < -0.4 is 5.32 Å². The molecule has 1 aliphatic carbocycles. The summed E-state index contributed by atoms with van der Waals surface area (Å²) in [5.74, 6) is 0.725. The standard InChI is InChI=1S/C16H30N2/c1-5-8-14(4)18-12-16(9-6-7-10-16)17-11-15(18)13(2)3/h5,13-15,17H,1,6-12H2,2-4H3. The molecule has 1 heterocycles. The largest absolute Gasteiger partial charge is 0.308 e. The van der Waals surface area contributed by atoms with Crippen LogP contribution in [0.5, 0.6) is 0 Å². The molecule has 18 heavy (non-hydrogen) atoms. The second-order valence-corrected chi connectivity index (χ2v) is 6.73. The molecule has 1 saturated carbocycles. The van der Waals surface area contributed by atoms with Crippen LogP contribution in [0.25, 0.3) is 0 Å². The van der Waals surface area contributed by atoms with Crippen molar-refractivity contribution in [1.29, 1.82) is 0 Å². The fourth-order valence-electron chi connectivity index (χ4n) is 3.83. The summed E-state index contributed by atoms with van der Waals surface area (Å²) < 4.78 is 0. The van der Waals surface area contributed by atoms with Crippen molar-refractivity contribution >= 4 is 0 Å². The zero-order chi connectivity index (χ0) is 13.2. The van der Waals surface area contributed by atoms with Gasteiger partial charge in [0.05, 0.1) is 0 Å². The Labute approximate surface area is 113 Å². The summed E-state index contributed by atoms with van der Waals surface area (Å²) in [5.41, 5.74) is 0.431. The third-order valence-corrected chi connectivity index (χ3v) is 5.00. The van der Waals surface area contributed by atoms with Gasteiger partial charge in [0.1, 0.15) is 0 Å². The Hall–Kier alpha value is -0.340. The highest BCUT2D eigenvalue weighted by Crippen LogP contribution is 2.35. The summed E-state index contributed by atoms with van der Waals surface area (Å²) in [6, 6.07) is 1.32. The van der Waals surface area contributed by atoms with E-state index >= 15 is 0 Å². The molecular weight excluding hydrogens is 220 g/mol. The van der Waals surface area contributed by atoms with Gasteiger partial charge in [0.15, 0.2) is 0 Å². The van der Waals surface area contributed by atoms with Crippen LogP contribution >= 0.6 is 0 Å². The predicted molar refractivity (Wildman–Crippen MR) is 78.8 cm³/mol. The minimum atomic E-state index is 0.431. The first-order valence-electron chi connectivity index (χ1n) is 7.70. The fourth-order valence-corrected chi connectivity index (χ4v) is 3.83. The molecular formula is C16H30N2. The highest BCUT2D eigenvalue weighted by Gasteiger charge is 2.42. The molecule has 2 fully saturated rings. The molecule has 2 unspecified atom stereocenters. The average Bonchev–Trinajstić information content (AvgIpc) is 2.77. The van der Waals surface area contributed by atoms with Gasteiger partial charge in [-0.2, -0.15) is 0 Å². The third kappa shape index (κ3) is 2.80. The van der Waals surface area contributed by atoms with Gasteiger partial charge in [-0.1, -0.05) is 32.8 Å². The summed E-state index contributed by atoms with van der Waals surface area (Å²) in [4.78, 5) is 2.76. The Morgan fingerprint density at radius 1 is 1.33 bits per heavy atom. The molecule has 0 amide bonds. The van der Waals surface area contributed by atoms with E-state index in [1.807, 2.05) is 0 Å². The van der Waals surface area contributed by atoms with Crippen LogP contribution in [0.4, 0.5) is 0 Å². The lowest BCUT2D eigenvalue weighted by Gasteiger charge is -2.50. The monoisotopic (exact) mass is 250 g/mol. The number of hydrogen-bond donors (Lipinski definition) is 1. The molecule has 0 aromatic carbocycles. The van der Waals surface area contributed by atoms with Gasteiger partial charge in [-0.25, -0.2) is 0 Å². The topological polar surface area (TPSA) is 15.3 Å². The minimum absolute atomic E-state index is 0.431. The van der Waals surface area contributed by atoms with Crippen LogP contribution in [0.3, 0.4) is 0 Å². The molecule has 2 rings (SSSR count). The maximum absolute atomic E-state index is 3.91. The van der Waals surface area contributed by atoms with E-state index in [1.165, 1.54) is 38.8 Å². The number of nitrogens with one attached hydrogen (secondary N) is 1. The van der Waals surface area contributed by atoms with Gasteiger partial charge >= 0.3 is 0 Å². The highest BCUT2D eigenvalue weighted by atomic mass is 15.3. The Bertz CT molecular complexity index is 279. The molecule has 1 aliphatic heterocycles. The smallest absolute Gasteiger partial charge is 0.0309 e. The molecule has 104 valence electrons. The van der Waals surface area contributed by atoms with Crippen LogP contribution in [-0.4, -0.2) is 35.6 Å². The number of rotatable bonds is 4. The Kier molecular flexibility index (Phi) is 4.50. The van der Waals surface area contributed by atoms with Crippen LogP contribution in [0.1, 0.15) is 52.9 Å². The lowest BCUT2D eigenvalue weighted by molar-refractivity contribution is 0.0283. The second kappa shape index (κ2) is 5.75. The van der Waals surface area contributed by atoms with Gasteiger partial charge < -0.3 is 5.32 Å². The molecule has 2 atom stereocenters. The third-order valence-electron chi connectivity index (χ3n) is 5.00. The quantitative estimate of drug-likeness (QED) is 0.771. The van der Waals surface area contributed by atoms with Crippen molar-refractivity contribution < 1.29 is 0 Å². The van der Waals surface area contributed by atoms with E-state index in [0.717, 1.165) is 12.3 Å². The van der Waals surface area contributed by atoms with Crippen LogP contribution in [0.15, 0.2) is 12.7 Å². The summed E-state index contributed by atoms with van der Waals surface area (Å²) in [6.07, 6.45) is 8.74. The summed E-state index contributed by atoms with van der Waals surface area (Å²) in [5, 5.41) is 3.89. The van der Waals surface area contributed by atoms with E-state index in [9.17, 15) is 0 Å². The molecule has 0 aromatic rings. The maximum Gasteiger partial charge on any atom is 0.0309 e. The van der Waals surface area contributed by atoms with Crippen molar-refractivity contribution in [3.05, 3.63) is 12.7 Å². The normalized spacial score (nSPS) is 29.9. The van der Waals surface area contributed by atoms with Crippen molar-refractivity contribution in [3.8, 4) is 0 Å². The van der Waals surface area contributed by atoms with Crippen molar-refractivity contribution in [2.75, 3.05) is 13.1 Å². The van der Waals surface area contributed by atoms with Gasteiger partial charge in [0, 0.05) is 30.7 Å². The maximum atomic E-state index is 3.91. The van der Waals surface area contributed by atoms with Crippen molar-refractivity contribution in [2.24, 2.45) is 5.92 Å². The van der Waals surface area contributed by atoms with Gasteiger partial charge in [-0.05, 0) is 32.1 Å². The van der Waals surface area contributed by atoms with Gasteiger partial charge in [0.2, 0.25) is 0 Å². The molecule has 1 saturated heterocycles. The van der Waals surface area contributed by atoms with Crippen molar-refractivity contribution in [1.82, 2.24) is 10.2 Å². The molecule has 1 N–H and O–H groups in total. The van der Waals surface area contributed by atoms with Gasteiger partial charge in [0.25, 0.3) is 0 Å². The van der Waals surface area contributed by atoms with Gasteiger partial charge in [-0.3, -0.25) is 4.90 Å². The van der Waals surface area contributed by atoms with E-state index in [4.69, 9.17) is 0 Å². The molecule has 0 radical (unpaired) electrons. The second-order valence-electron chi connectivity index (χ2n) is 6.73. The summed E-state index contributed by atoms with van der Waals surface area (Å²) in [6.45, 7) is 13.4. The number of hydrogen-bond acceptors (Lipinski definition) is 2. The fraction of sp³-hybridized carbons (Fsp3) is 0.875. The van der Waals surface area contributed by atoms with E-state index in [-0.39, 0.29) is 0 Å². The summed E-state index contributed by atoms with van der Waals surface area (Å²) in [7, 11) is 0. The Morgan fingerprint density at radius 3 is 2.56 bits per heavy atom. The average molecular weight is 250 g/mol. The molecule has 2 heteroatoms. The van der Waals surface area contributed by atoms with Gasteiger partial charge in [-0.15, -0.1) is 6.58 Å². The number of piperazine rings is 1. The molecule has 0 aromatic heterocycles. The lowest BCUT2D eigenvalue weighted by atomic mass is 9.87. The predicted octanol–water partition coefficient (Wildman–Crippen LogP) is 3.19. The first-order chi connectivity index (χ1) is 8.58. The highest BCUT2D eigenvalue weighted by molar-refractivity contribution is 5.03. The molecule has 2 aliphatic rings. The first-order valence-corrected chi connectivity index (χ1v) is 7.70. The Morgan fingerprint density at radius 2 is 2.00 bits per heavy atom. The zero-order valence-electron chi connectivity index (χ0n) is 12.4. The molecule has 0 bridgehead atoms. The van der Waals surface area contributed by atoms with Crippen LogP contribution in [-0.2, 0) is 0 Å². The zero-order valence-corrected chi connectivity index (χ0v) is 12.4. The van der Waals surface area contributed by atoms with E-state index in [0.29, 0.717) is 17.6 Å². The van der Waals surface area contributed by atoms with Crippen molar-refractivity contribution in [2.45, 2.75) is 70.5 Å². The Balaban J connectivity index is 2.09. The van der Waals surface area contributed by atoms with Crippen LogP contribution in [0, 0.1) is 5.92 Å². The minimum Gasteiger partial charge on any atom is -0.308 e. The van der Waals surface area contributed by atoms with E-state index < -0.39 is 0 Å². The number of nitrogens with zero attached hydrogens (tertiary/aromatic N) is 1. The van der Waals surface area contributed by atoms with E-state index in [1.54, 1.807) is 0 Å². The summed E-state index contributed by atoms with van der Waals surface area (Å²) >= 11 is 0. The van der Waals surface area contributed by atoms with Crippen molar-refractivity contribution in [3.63, 3.8) is 0 Å². The van der Waals surface area contributed by atoms with E-state index in [2.05, 4.69) is 43.6 Å².